The molecule has 0 saturated carbocycles. The number of aromatic nitrogens is 3. The van der Waals surface area contributed by atoms with E-state index >= 15 is 0 Å². The van der Waals surface area contributed by atoms with Gasteiger partial charge in [-0.05, 0) is 37.1 Å². The summed E-state index contributed by atoms with van der Waals surface area (Å²) in [4.78, 5) is 24.3. The Morgan fingerprint density at radius 1 is 1.07 bits per heavy atom. The van der Waals surface area contributed by atoms with Crippen molar-refractivity contribution in [2.45, 2.75) is 18.8 Å². The minimum atomic E-state index is 0.0344. The van der Waals surface area contributed by atoms with Gasteiger partial charge in [0.05, 0.1) is 27.7 Å². The van der Waals surface area contributed by atoms with Crippen molar-refractivity contribution in [3.8, 4) is 5.69 Å². The smallest absolute Gasteiger partial charge is 0.272 e. The zero-order valence-electron chi connectivity index (χ0n) is 15.4. The van der Waals surface area contributed by atoms with E-state index in [1.165, 1.54) is 4.70 Å². The van der Waals surface area contributed by atoms with Gasteiger partial charge in [0, 0.05) is 24.7 Å². The Kier molecular flexibility index (Phi) is 4.41. The molecule has 1 aliphatic rings. The van der Waals surface area contributed by atoms with E-state index in [9.17, 15) is 4.79 Å². The maximum Gasteiger partial charge on any atom is 0.272 e. The topological polar surface area (TPSA) is 51.0 Å². The molecule has 0 spiro atoms. The molecule has 2 aromatic heterocycles. The highest BCUT2D eigenvalue weighted by Crippen LogP contribution is 2.33. The number of nitrogens with zero attached hydrogens (tertiary/aromatic N) is 4. The fraction of sp³-hybridized carbons (Fsp3) is 0.227. The molecule has 0 N–H and O–H groups in total. The van der Waals surface area contributed by atoms with Crippen molar-refractivity contribution in [1.29, 1.82) is 0 Å². The lowest BCUT2D eigenvalue weighted by Gasteiger charge is -2.32. The molecule has 1 saturated heterocycles. The van der Waals surface area contributed by atoms with Gasteiger partial charge in [0.25, 0.3) is 5.91 Å². The molecule has 28 heavy (non-hydrogen) atoms. The first-order chi connectivity index (χ1) is 13.8. The Morgan fingerprint density at radius 2 is 1.89 bits per heavy atom. The standard InChI is InChI=1S/C22H20N4OS/c27-22(19-13-23-15-26(19)17-8-2-1-3-9-17)25-12-6-7-16(14-25)21-24-18-10-4-5-11-20(18)28-21/h1-5,8-11,13,15-16H,6-7,12,14H2/t16-/m1/s1. The lowest BCUT2D eigenvalue weighted by molar-refractivity contribution is 0.0699. The van der Waals surface area contributed by atoms with Gasteiger partial charge < -0.3 is 4.90 Å². The highest BCUT2D eigenvalue weighted by atomic mass is 32.1. The molecular formula is C22H20N4OS. The molecule has 1 amide bonds. The molecule has 0 unspecified atom stereocenters. The van der Waals surface area contributed by atoms with Crippen LogP contribution in [0.4, 0.5) is 0 Å². The van der Waals surface area contributed by atoms with Crippen LogP contribution in [-0.4, -0.2) is 38.4 Å². The SMILES string of the molecule is O=C(c1cncn1-c1ccccc1)N1CCC[C@@H](c2nc3ccccc3s2)C1. The molecule has 5 rings (SSSR count). The molecule has 1 aliphatic heterocycles. The fourth-order valence-electron chi connectivity index (χ4n) is 3.84. The summed E-state index contributed by atoms with van der Waals surface area (Å²) < 4.78 is 3.08. The zero-order valence-corrected chi connectivity index (χ0v) is 16.2. The van der Waals surface area contributed by atoms with Gasteiger partial charge in [0.2, 0.25) is 0 Å². The molecule has 5 nitrogen and oxygen atoms in total. The van der Waals surface area contributed by atoms with Crippen LogP contribution < -0.4 is 0 Å². The number of carbonyl (C=O) groups excluding carboxylic acids is 1. The lowest BCUT2D eigenvalue weighted by atomic mass is 9.98. The highest BCUT2D eigenvalue weighted by Gasteiger charge is 2.29. The Balaban J connectivity index is 1.40. The van der Waals surface area contributed by atoms with E-state index in [1.807, 2.05) is 51.9 Å². The summed E-state index contributed by atoms with van der Waals surface area (Å²) in [5.74, 6) is 0.329. The van der Waals surface area contributed by atoms with E-state index in [-0.39, 0.29) is 5.91 Å². The molecule has 0 bridgehead atoms. The normalized spacial score (nSPS) is 17.1. The summed E-state index contributed by atoms with van der Waals surface area (Å²) in [6, 6.07) is 18.1. The van der Waals surface area contributed by atoms with E-state index in [4.69, 9.17) is 4.98 Å². The van der Waals surface area contributed by atoms with Crippen molar-refractivity contribution >= 4 is 27.5 Å². The molecule has 140 valence electrons. The number of thiazole rings is 1. The quantitative estimate of drug-likeness (QED) is 0.519. The van der Waals surface area contributed by atoms with Crippen LogP contribution in [-0.2, 0) is 0 Å². The van der Waals surface area contributed by atoms with Crippen molar-refractivity contribution in [2.75, 3.05) is 13.1 Å². The first-order valence-electron chi connectivity index (χ1n) is 9.52. The number of hydrogen-bond acceptors (Lipinski definition) is 4. The molecule has 0 radical (unpaired) electrons. The largest absolute Gasteiger partial charge is 0.337 e. The van der Waals surface area contributed by atoms with Crippen LogP contribution in [0.3, 0.4) is 0 Å². The molecule has 1 fully saturated rings. The van der Waals surface area contributed by atoms with Gasteiger partial charge in [-0.25, -0.2) is 9.97 Å². The zero-order chi connectivity index (χ0) is 18.9. The lowest BCUT2D eigenvalue weighted by Crippen LogP contribution is -2.39. The predicted molar refractivity (Wildman–Crippen MR) is 111 cm³/mol. The van der Waals surface area contributed by atoms with Gasteiger partial charge >= 0.3 is 0 Å². The number of carbonyl (C=O) groups is 1. The molecule has 2 aromatic carbocycles. The molecular weight excluding hydrogens is 368 g/mol. The van der Waals surface area contributed by atoms with Gasteiger partial charge in [-0.3, -0.25) is 9.36 Å². The number of piperidine rings is 1. The second kappa shape index (κ2) is 7.20. The minimum absolute atomic E-state index is 0.0344. The molecule has 3 heterocycles. The highest BCUT2D eigenvalue weighted by molar-refractivity contribution is 7.18. The average molecular weight is 388 g/mol. The van der Waals surface area contributed by atoms with Gasteiger partial charge in [-0.15, -0.1) is 11.3 Å². The molecule has 0 aliphatic carbocycles. The Hall–Kier alpha value is -2.99. The van der Waals surface area contributed by atoms with Crippen molar-refractivity contribution in [3.63, 3.8) is 0 Å². The van der Waals surface area contributed by atoms with Crippen molar-refractivity contribution in [1.82, 2.24) is 19.4 Å². The van der Waals surface area contributed by atoms with Crippen molar-refractivity contribution in [2.24, 2.45) is 0 Å². The maximum atomic E-state index is 13.3. The third kappa shape index (κ3) is 3.10. The van der Waals surface area contributed by atoms with Gasteiger partial charge in [-0.1, -0.05) is 30.3 Å². The van der Waals surface area contributed by atoms with E-state index in [1.54, 1.807) is 23.9 Å². The first-order valence-corrected chi connectivity index (χ1v) is 10.3. The fourth-order valence-corrected chi connectivity index (χ4v) is 4.93. The summed E-state index contributed by atoms with van der Waals surface area (Å²) in [5, 5.41) is 1.13. The van der Waals surface area contributed by atoms with Crippen LogP contribution in [0.25, 0.3) is 15.9 Å². The van der Waals surface area contributed by atoms with Crippen LogP contribution in [0.1, 0.15) is 34.3 Å². The summed E-state index contributed by atoms with van der Waals surface area (Å²) in [7, 11) is 0. The maximum absolute atomic E-state index is 13.3. The number of likely N-dealkylation sites (tertiary alicyclic amines) is 1. The number of imidazole rings is 1. The third-order valence-corrected chi connectivity index (χ3v) is 6.46. The number of amides is 1. The Bertz CT molecular complexity index is 1080. The van der Waals surface area contributed by atoms with Crippen LogP contribution in [0.5, 0.6) is 0 Å². The number of fused-ring (bicyclic) bond motifs is 1. The van der Waals surface area contributed by atoms with E-state index in [2.05, 4.69) is 17.1 Å². The van der Waals surface area contributed by atoms with Gasteiger partial charge in [0.15, 0.2) is 0 Å². The first kappa shape index (κ1) is 17.1. The van der Waals surface area contributed by atoms with Crippen LogP contribution in [0.2, 0.25) is 0 Å². The number of para-hydroxylation sites is 2. The number of rotatable bonds is 3. The minimum Gasteiger partial charge on any atom is -0.337 e. The van der Waals surface area contributed by atoms with E-state index in [0.29, 0.717) is 18.2 Å². The van der Waals surface area contributed by atoms with E-state index in [0.717, 1.165) is 35.6 Å². The average Bonchev–Trinajstić information content (AvgIpc) is 3.41. The van der Waals surface area contributed by atoms with E-state index < -0.39 is 0 Å². The predicted octanol–water partition coefficient (Wildman–Crippen LogP) is 4.50. The molecule has 4 aromatic rings. The van der Waals surface area contributed by atoms with Crippen LogP contribution in [0, 0.1) is 0 Å². The Morgan fingerprint density at radius 3 is 2.75 bits per heavy atom. The van der Waals surface area contributed by atoms with Crippen LogP contribution in [0.15, 0.2) is 67.1 Å². The summed E-state index contributed by atoms with van der Waals surface area (Å²) in [6.07, 6.45) is 5.43. The number of benzene rings is 2. The van der Waals surface area contributed by atoms with Crippen LogP contribution >= 0.6 is 11.3 Å². The second-order valence-corrected chi connectivity index (χ2v) is 8.16. The second-order valence-electron chi connectivity index (χ2n) is 7.09. The van der Waals surface area contributed by atoms with Crippen molar-refractivity contribution < 1.29 is 4.79 Å². The molecule has 6 heteroatoms. The van der Waals surface area contributed by atoms with Gasteiger partial charge in [0.1, 0.15) is 5.69 Å². The summed E-state index contributed by atoms with van der Waals surface area (Å²) in [5.41, 5.74) is 2.60. The van der Waals surface area contributed by atoms with Crippen molar-refractivity contribution in [3.05, 3.63) is 77.8 Å². The monoisotopic (exact) mass is 388 g/mol. The third-order valence-electron chi connectivity index (χ3n) is 5.26. The summed E-state index contributed by atoms with van der Waals surface area (Å²) in [6.45, 7) is 1.48. The van der Waals surface area contributed by atoms with Gasteiger partial charge in [-0.2, -0.15) is 0 Å². The Labute approximate surface area is 167 Å². The summed E-state index contributed by atoms with van der Waals surface area (Å²) >= 11 is 1.75. The molecule has 1 atom stereocenters. The number of hydrogen-bond donors (Lipinski definition) is 0.